The van der Waals surface area contributed by atoms with Gasteiger partial charge in [-0.15, -0.1) is 0 Å². The topological polar surface area (TPSA) is 84.6 Å². The van der Waals surface area contributed by atoms with Crippen LogP contribution in [0.2, 0.25) is 5.02 Å². The maximum absolute atomic E-state index is 12.0. The Balaban J connectivity index is 2.19. The third-order valence-electron chi connectivity index (χ3n) is 2.70. The Morgan fingerprint density at radius 1 is 1.30 bits per heavy atom. The molecule has 0 unspecified atom stereocenters. The number of carbonyl (C=O) groups excluding carboxylic acids is 1. The van der Waals surface area contributed by atoms with E-state index in [1.54, 1.807) is 24.3 Å². The zero-order valence-corrected chi connectivity index (χ0v) is 11.4. The summed E-state index contributed by atoms with van der Waals surface area (Å²) in [7, 11) is 1.45. The smallest absolute Gasteiger partial charge is 0.255 e. The highest BCUT2D eigenvalue weighted by molar-refractivity contribution is 6.33. The maximum Gasteiger partial charge on any atom is 0.255 e. The van der Waals surface area contributed by atoms with Crippen molar-refractivity contribution < 1.29 is 14.6 Å². The molecule has 0 aliphatic carbocycles. The number of phenolic OH excluding ortho intramolecular Hbond substituents is 1. The highest BCUT2D eigenvalue weighted by Crippen LogP contribution is 2.29. The Morgan fingerprint density at radius 2 is 2.05 bits per heavy atom. The number of benzene rings is 2. The van der Waals surface area contributed by atoms with E-state index in [2.05, 4.69) is 5.32 Å². The molecule has 0 saturated heterocycles. The summed E-state index contributed by atoms with van der Waals surface area (Å²) in [5, 5.41) is 12.6. The minimum atomic E-state index is -0.350. The first kappa shape index (κ1) is 14.0. The van der Waals surface area contributed by atoms with Gasteiger partial charge in [0.05, 0.1) is 17.8 Å². The lowest BCUT2D eigenvalue weighted by molar-refractivity contribution is 0.102. The normalized spacial score (nSPS) is 10.1. The lowest BCUT2D eigenvalue weighted by Crippen LogP contribution is -2.12. The van der Waals surface area contributed by atoms with Crippen LogP contribution in [0.15, 0.2) is 36.4 Å². The number of halogens is 1. The van der Waals surface area contributed by atoms with E-state index in [1.165, 1.54) is 19.2 Å². The van der Waals surface area contributed by atoms with E-state index >= 15 is 0 Å². The minimum absolute atomic E-state index is 0.0550. The van der Waals surface area contributed by atoms with Crippen molar-refractivity contribution in [1.82, 2.24) is 0 Å². The maximum atomic E-state index is 12.0. The number of nitrogens with two attached hydrogens (primary N) is 1. The molecule has 5 nitrogen and oxygen atoms in total. The van der Waals surface area contributed by atoms with Crippen LogP contribution in [0, 0.1) is 0 Å². The molecule has 20 heavy (non-hydrogen) atoms. The van der Waals surface area contributed by atoms with Crippen molar-refractivity contribution in [3.8, 4) is 11.5 Å². The fraction of sp³-hybridized carbons (Fsp3) is 0.0714. The molecule has 1 amide bonds. The van der Waals surface area contributed by atoms with E-state index in [1.807, 2.05) is 0 Å². The second kappa shape index (κ2) is 5.71. The molecule has 4 N–H and O–H groups in total. The van der Waals surface area contributed by atoms with Gasteiger partial charge < -0.3 is 20.9 Å². The molecule has 0 heterocycles. The zero-order chi connectivity index (χ0) is 14.7. The predicted molar refractivity (Wildman–Crippen MR) is 78.5 cm³/mol. The molecular weight excluding hydrogens is 280 g/mol. The van der Waals surface area contributed by atoms with Gasteiger partial charge in [-0.2, -0.15) is 0 Å². The average Bonchev–Trinajstić information content (AvgIpc) is 2.42. The van der Waals surface area contributed by atoms with Crippen molar-refractivity contribution in [3.63, 3.8) is 0 Å². The molecule has 6 heteroatoms. The van der Waals surface area contributed by atoms with Crippen LogP contribution in [0.1, 0.15) is 10.4 Å². The predicted octanol–water partition coefficient (Wildman–Crippen LogP) is 2.89. The lowest BCUT2D eigenvalue weighted by atomic mass is 10.2. The number of nitrogen functional groups attached to an aromatic ring is 1. The van der Waals surface area contributed by atoms with Gasteiger partial charge in [-0.1, -0.05) is 11.6 Å². The SMILES string of the molecule is COc1ccc(NC(=O)c2ccc(N)c(Cl)c2)cc1O. The third-order valence-corrected chi connectivity index (χ3v) is 3.03. The van der Waals surface area contributed by atoms with E-state index in [4.69, 9.17) is 22.1 Å². The number of ether oxygens (including phenoxy) is 1. The van der Waals surface area contributed by atoms with Crippen LogP contribution in [-0.4, -0.2) is 18.1 Å². The minimum Gasteiger partial charge on any atom is -0.504 e. The molecule has 2 rings (SSSR count). The number of hydrogen-bond acceptors (Lipinski definition) is 4. The van der Waals surface area contributed by atoms with Gasteiger partial charge in [-0.3, -0.25) is 4.79 Å². The second-order valence-corrected chi connectivity index (χ2v) is 4.48. The number of aromatic hydroxyl groups is 1. The van der Waals surface area contributed by atoms with Gasteiger partial charge in [0.1, 0.15) is 0 Å². The molecule has 0 saturated carbocycles. The van der Waals surface area contributed by atoms with Crippen LogP contribution in [-0.2, 0) is 0 Å². The van der Waals surface area contributed by atoms with Crippen LogP contribution in [0.5, 0.6) is 11.5 Å². The highest BCUT2D eigenvalue weighted by Gasteiger charge is 2.09. The summed E-state index contributed by atoms with van der Waals surface area (Å²) in [5.74, 6) is -0.0735. The number of hydrogen-bond donors (Lipinski definition) is 3. The first-order valence-corrected chi connectivity index (χ1v) is 6.12. The van der Waals surface area contributed by atoms with Crippen molar-refractivity contribution >= 4 is 28.9 Å². The monoisotopic (exact) mass is 292 g/mol. The lowest BCUT2D eigenvalue weighted by Gasteiger charge is -2.08. The van der Waals surface area contributed by atoms with Crippen molar-refractivity contribution in [1.29, 1.82) is 0 Å². The second-order valence-electron chi connectivity index (χ2n) is 4.08. The van der Waals surface area contributed by atoms with Crippen molar-refractivity contribution in [2.24, 2.45) is 0 Å². The molecule has 2 aromatic carbocycles. The van der Waals surface area contributed by atoms with Gasteiger partial charge >= 0.3 is 0 Å². The van der Waals surface area contributed by atoms with Crippen LogP contribution >= 0.6 is 11.6 Å². The number of amides is 1. The van der Waals surface area contributed by atoms with Gasteiger partial charge in [0.15, 0.2) is 11.5 Å². The first-order chi connectivity index (χ1) is 9.51. The Labute approximate surface area is 120 Å². The Kier molecular flexibility index (Phi) is 4.00. The molecular formula is C14H13ClN2O3. The summed E-state index contributed by atoms with van der Waals surface area (Å²) in [5.41, 5.74) is 6.81. The molecule has 0 fully saturated rings. The fourth-order valence-corrected chi connectivity index (χ4v) is 1.82. The zero-order valence-electron chi connectivity index (χ0n) is 10.7. The Morgan fingerprint density at radius 3 is 2.65 bits per heavy atom. The third kappa shape index (κ3) is 2.95. The molecule has 0 spiro atoms. The molecule has 0 bridgehead atoms. The summed E-state index contributed by atoms with van der Waals surface area (Å²) in [6, 6.07) is 9.18. The summed E-state index contributed by atoms with van der Waals surface area (Å²) >= 11 is 5.86. The summed E-state index contributed by atoms with van der Waals surface area (Å²) < 4.78 is 4.92. The van der Waals surface area contributed by atoms with Crippen LogP contribution < -0.4 is 15.8 Å². The Bertz CT molecular complexity index is 659. The quantitative estimate of drug-likeness (QED) is 0.759. The van der Waals surface area contributed by atoms with E-state index in [0.717, 1.165) is 0 Å². The summed E-state index contributed by atoms with van der Waals surface area (Å²) in [6.45, 7) is 0. The van der Waals surface area contributed by atoms with E-state index < -0.39 is 0 Å². The van der Waals surface area contributed by atoms with Gasteiger partial charge in [0, 0.05) is 17.3 Å². The number of carbonyl (C=O) groups is 1. The van der Waals surface area contributed by atoms with Crippen LogP contribution in [0.4, 0.5) is 11.4 Å². The van der Waals surface area contributed by atoms with E-state index in [9.17, 15) is 9.90 Å². The molecule has 0 aliphatic heterocycles. The van der Waals surface area contributed by atoms with Gasteiger partial charge in [0.25, 0.3) is 5.91 Å². The van der Waals surface area contributed by atoms with E-state index in [0.29, 0.717) is 27.7 Å². The van der Waals surface area contributed by atoms with Crippen LogP contribution in [0.3, 0.4) is 0 Å². The number of rotatable bonds is 3. The van der Waals surface area contributed by atoms with Crippen molar-refractivity contribution in [2.45, 2.75) is 0 Å². The molecule has 0 radical (unpaired) electrons. The van der Waals surface area contributed by atoms with Crippen molar-refractivity contribution in [2.75, 3.05) is 18.2 Å². The highest BCUT2D eigenvalue weighted by atomic mass is 35.5. The van der Waals surface area contributed by atoms with Crippen molar-refractivity contribution in [3.05, 3.63) is 47.0 Å². The molecule has 104 valence electrons. The number of methoxy groups -OCH3 is 1. The summed E-state index contributed by atoms with van der Waals surface area (Å²) in [6.07, 6.45) is 0. The van der Waals surface area contributed by atoms with Crippen LogP contribution in [0.25, 0.3) is 0 Å². The van der Waals surface area contributed by atoms with E-state index in [-0.39, 0.29) is 11.7 Å². The Hall–Kier alpha value is -2.40. The fourth-order valence-electron chi connectivity index (χ4n) is 1.64. The number of nitrogens with one attached hydrogen (secondary N) is 1. The number of anilines is 2. The molecule has 2 aromatic rings. The van der Waals surface area contributed by atoms with Gasteiger partial charge in [-0.25, -0.2) is 0 Å². The first-order valence-electron chi connectivity index (χ1n) is 5.74. The summed E-state index contributed by atoms with van der Waals surface area (Å²) in [4.78, 5) is 12.0. The average molecular weight is 293 g/mol. The largest absolute Gasteiger partial charge is 0.504 e. The molecule has 0 atom stereocenters. The molecule has 0 aliphatic rings. The standard InChI is InChI=1S/C14H13ClN2O3/c1-20-13-5-3-9(7-12(13)18)17-14(19)8-2-4-11(16)10(15)6-8/h2-7,18H,16H2,1H3,(H,17,19). The van der Waals surface area contributed by atoms with Gasteiger partial charge in [0.2, 0.25) is 0 Å². The number of phenols is 1. The van der Waals surface area contributed by atoms with Gasteiger partial charge in [-0.05, 0) is 30.3 Å². The molecule has 0 aromatic heterocycles.